The van der Waals surface area contributed by atoms with Gasteiger partial charge in [0.2, 0.25) is 0 Å². The summed E-state index contributed by atoms with van der Waals surface area (Å²) in [6.07, 6.45) is 4.47. The molecule has 4 unspecified atom stereocenters. The van der Waals surface area contributed by atoms with Gasteiger partial charge in [0.1, 0.15) is 0 Å². The van der Waals surface area contributed by atoms with Crippen LogP contribution in [0.5, 0.6) is 0 Å². The Bertz CT molecular complexity index is 231. The second-order valence-corrected chi connectivity index (χ2v) is 6.08. The highest BCUT2D eigenvalue weighted by Crippen LogP contribution is 2.42. The van der Waals surface area contributed by atoms with E-state index in [2.05, 4.69) is 39.9 Å². The van der Waals surface area contributed by atoms with Crippen molar-refractivity contribution in [3.63, 3.8) is 0 Å². The third-order valence-corrected chi connectivity index (χ3v) is 5.03. The number of aliphatic hydroxyl groups is 1. The molecular weight excluding hydrogens is 198 g/mol. The molecule has 1 aliphatic rings. The lowest BCUT2D eigenvalue weighted by Gasteiger charge is -2.53. The lowest BCUT2D eigenvalue weighted by atomic mass is 9.65. The highest BCUT2D eigenvalue weighted by atomic mass is 16.3. The first-order valence-electron chi connectivity index (χ1n) is 6.81. The van der Waals surface area contributed by atoms with Crippen LogP contribution in [0.3, 0.4) is 0 Å². The highest BCUT2D eigenvalue weighted by Gasteiger charge is 2.45. The minimum atomic E-state index is 0.225. The summed E-state index contributed by atoms with van der Waals surface area (Å²) in [5, 5.41) is 13.1. The van der Waals surface area contributed by atoms with Crippen LogP contribution >= 0.6 is 0 Å². The van der Waals surface area contributed by atoms with E-state index in [0.717, 1.165) is 19.3 Å². The second-order valence-electron chi connectivity index (χ2n) is 6.08. The van der Waals surface area contributed by atoms with E-state index in [-0.39, 0.29) is 11.1 Å². The standard InChI is InChI=1S/C14H29NO/c1-6-13(4)10-12(8-9-16)11(3)14(5,7-2)15-13/h11-12,15-16H,6-10H2,1-5H3. The van der Waals surface area contributed by atoms with Crippen molar-refractivity contribution < 1.29 is 5.11 Å². The molecule has 96 valence electrons. The molecule has 0 aromatic rings. The van der Waals surface area contributed by atoms with Crippen molar-refractivity contribution in [3.8, 4) is 0 Å². The van der Waals surface area contributed by atoms with Crippen LogP contribution in [-0.2, 0) is 0 Å². The van der Waals surface area contributed by atoms with Crippen molar-refractivity contribution in [1.29, 1.82) is 0 Å². The number of piperidine rings is 1. The van der Waals surface area contributed by atoms with E-state index in [4.69, 9.17) is 0 Å². The van der Waals surface area contributed by atoms with Gasteiger partial charge in [-0.05, 0) is 51.4 Å². The summed E-state index contributed by atoms with van der Waals surface area (Å²) < 4.78 is 0. The molecule has 0 amide bonds. The van der Waals surface area contributed by atoms with Crippen LogP contribution in [0.15, 0.2) is 0 Å². The number of aliphatic hydroxyl groups excluding tert-OH is 1. The van der Waals surface area contributed by atoms with Crippen LogP contribution in [0.2, 0.25) is 0 Å². The van der Waals surface area contributed by atoms with Crippen LogP contribution in [0.25, 0.3) is 0 Å². The molecule has 0 saturated carbocycles. The van der Waals surface area contributed by atoms with E-state index in [0.29, 0.717) is 18.4 Å². The summed E-state index contributed by atoms with van der Waals surface area (Å²) in [5.41, 5.74) is 0.472. The molecule has 1 saturated heterocycles. The Morgan fingerprint density at radius 2 is 1.88 bits per heavy atom. The monoisotopic (exact) mass is 227 g/mol. The SMILES string of the molecule is CCC1(C)CC(CCO)C(C)C(C)(CC)N1. The minimum Gasteiger partial charge on any atom is -0.396 e. The zero-order valence-electron chi connectivity index (χ0n) is 11.6. The minimum absolute atomic E-state index is 0.225. The predicted molar refractivity (Wildman–Crippen MR) is 69.5 cm³/mol. The Labute approximate surface area is 101 Å². The van der Waals surface area contributed by atoms with Crippen molar-refractivity contribution in [2.24, 2.45) is 11.8 Å². The second kappa shape index (κ2) is 5.05. The fourth-order valence-corrected chi connectivity index (χ4v) is 3.29. The predicted octanol–water partition coefficient (Wildman–Crippen LogP) is 2.95. The van der Waals surface area contributed by atoms with E-state index in [1.165, 1.54) is 6.42 Å². The molecule has 1 fully saturated rings. The molecule has 0 aromatic heterocycles. The van der Waals surface area contributed by atoms with Crippen molar-refractivity contribution in [3.05, 3.63) is 0 Å². The van der Waals surface area contributed by atoms with E-state index in [9.17, 15) is 5.11 Å². The molecule has 2 heteroatoms. The number of hydrogen-bond acceptors (Lipinski definition) is 2. The van der Waals surface area contributed by atoms with Gasteiger partial charge in [-0.2, -0.15) is 0 Å². The summed E-state index contributed by atoms with van der Waals surface area (Å²) in [6, 6.07) is 0. The molecule has 1 rings (SSSR count). The molecule has 1 aliphatic heterocycles. The number of nitrogens with one attached hydrogen (secondary N) is 1. The maximum absolute atomic E-state index is 9.20. The normalized spacial score (nSPS) is 44.6. The molecule has 4 atom stereocenters. The van der Waals surface area contributed by atoms with E-state index >= 15 is 0 Å². The van der Waals surface area contributed by atoms with Gasteiger partial charge in [0.15, 0.2) is 0 Å². The maximum atomic E-state index is 9.20. The quantitative estimate of drug-likeness (QED) is 0.774. The molecule has 0 radical (unpaired) electrons. The lowest BCUT2D eigenvalue weighted by Crippen LogP contribution is -2.64. The van der Waals surface area contributed by atoms with Crippen LogP contribution in [-0.4, -0.2) is 22.8 Å². The molecular formula is C14H29NO. The first kappa shape index (κ1) is 14.0. The maximum Gasteiger partial charge on any atom is 0.0433 e. The van der Waals surface area contributed by atoms with Gasteiger partial charge in [-0.1, -0.05) is 20.8 Å². The molecule has 0 bridgehead atoms. The van der Waals surface area contributed by atoms with Crippen LogP contribution in [0.4, 0.5) is 0 Å². The van der Waals surface area contributed by atoms with Gasteiger partial charge in [-0.15, -0.1) is 0 Å². The Balaban J connectivity index is 2.88. The number of rotatable bonds is 4. The summed E-state index contributed by atoms with van der Waals surface area (Å²) in [7, 11) is 0. The van der Waals surface area contributed by atoms with Gasteiger partial charge in [0, 0.05) is 17.7 Å². The van der Waals surface area contributed by atoms with E-state index < -0.39 is 0 Å². The summed E-state index contributed by atoms with van der Waals surface area (Å²) in [5.74, 6) is 1.30. The molecule has 0 aliphatic carbocycles. The third-order valence-electron chi connectivity index (χ3n) is 5.03. The first-order valence-corrected chi connectivity index (χ1v) is 6.81. The Hall–Kier alpha value is -0.0800. The van der Waals surface area contributed by atoms with Gasteiger partial charge in [0.05, 0.1) is 0 Å². The van der Waals surface area contributed by atoms with Crippen molar-refractivity contribution in [2.75, 3.05) is 6.61 Å². The van der Waals surface area contributed by atoms with Gasteiger partial charge in [-0.3, -0.25) is 0 Å². The molecule has 0 aromatic carbocycles. The average molecular weight is 227 g/mol. The topological polar surface area (TPSA) is 32.3 Å². The zero-order valence-corrected chi connectivity index (χ0v) is 11.6. The fourth-order valence-electron chi connectivity index (χ4n) is 3.29. The van der Waals surface area contributed by atoms with Gasteiger partial charge in [0.25, 0.3) is 0 Å². The summed E-state index contributed by atoms with van der Waals surface area (Å²) >= 11 is 0. The molecule has 1 heterocycles. The third kappa shape index (κ3) is 2.60. The average Bonchev–Trinajstić information content (AvgIpc) is 2.26. The zero-order chi connectivity index (χ0) is 12.4. The lowest BCUT2D eigenvalue weighted by molar-refractivity contribution is 0.0276. The molecule has 0 spiro atoms. The van der Waals surface area contributed by atoms with Crippen molar-refractivity contribution in [2.45, 2.75) is 71.4 Å². The Morgan fingerprint density at radius 1 is 1.25 bits per heavy atom. The van der Waals surface area contributed by atoms with Crippen molar-refractivity contribution in [1.82, 2.24) is 5.32 Å². The van der Waals surface area contributed by atoms with E-state index in [1.807, 2.05) is 0 Å². The van der Waals surface area contributed by atoms with Gasteiger partial charge >= 0.3 is 0 Å². The highest BCUT2D eigenvalue weighted by molar-refractivity contribution is 5.03. The van der Waals surface area contributed by atoms with Crippen LogP contribution in [0, 0.1) is 11.8 Å². The smallest absolute Gasteiger partial charge is 0.0433 e. The number of hydrogen-bond donors (Lipinski definition) is 2. The Morgan fingerprint density at radius 3 is 2.31 bits per heavy atom. The first-order chi connectivity index (χ1) is 7.40. The molecule has 16 heavy (non-hydrogen) atoms. The van der Waals surface area contributed by atoms with E-state index in [1.54, 1.807) is 0 Å². The van der Waals surface area contributed by atoms with Crippen LogP contribution < -0.4 is 5.32 Å². The molecule has 2 nitrogen and oxygen atoms in total. The van der Waals surface area contributed by atoms with Crippen LogP contribution in [0.1, 0.15) is 60.3 Å². The Kier molecular flexibility index (Phi) is 4.42. The molecule has 2 N–H and O–H groups in total. The largest absolute Gasteiger partial charge is 0.396 e. The fraction of sp³-hybridized carbons (Fsp3) is 1.00. The van der Waals surface area contributed by atoms with Gasteiger partial charge in [-0.25, -0.2) is 0 Å². The van der Waals surface area contributed by atoms with Crippen molar-refractivity contribution >= 4 is 0 Å². The summed E-state index contributed by atoms with van der Waals surface area (Å²) in [6.45, 7) is 11.9. The van der Waals surface area contributed by atoms with Gasteiger partial charge < -0.3 is 10.4 Å². The summed E-state index contributed by atoms with van der Waals surface area (Å²) in [4.78, 5) is 0.